The van der Waals surface area contributed by atoms with Crippen LogP contribution < -0.4 is 4.74 Å². The fourth-order valence-corrected chi connectivity index (χ4v) is 6.51. The Kier molecular flexibility index (Phi) is 7.93. The van der Waals surface area contributed by atoms with Gasteiger partial charge >= 0.3 is 6.09 Å². The van der Waals surface area contributed by atoms with Crippen molar-refractivity contribution < 1.29 is 19.1 Å². The molecule has 0 radical (unpaired) electrons. The van der Waals surface area contributed by atoms with E-state index in [9.17, 15) is 9.59 Å². The van der Waals surface area contributed by atoms with E-state index in [4.69, 9.17) is 9.47 Å². The van der Waals surface area contributed by atoms with Crippen LogP contribution in [0, 0.1) is 11.3 Å². The summed E-state index contributed by atoms with van der Waals surface area (Å²) in [6.07, 6.45) is 2.77. The van der Waals surface area contributed by atoms with Crippen LogP contribution in [0.5, 0.6) is 5.75 Å². The zero-order chi connectivity index (χ0) is 26.7. The number of methoxy groups -OCH3 is 1. The van der Waals surface area contributed by atoms with Gasteiger partial charge in [0, 0.05) is 45.2 Å². The Labute approximate surface area is 226 Å². The monoisotopic (exact) mass is 519 g/mol. The molecule has 204 valence electrons. The van der Waals surface area contributed by atoms with Gasteiger partial charge in [-0.15, -0.1) is 0 Å². The van der Waals surface area contributed by atoms with E-state index in [0.717, 1.165) is 56.9 Å². The maximum absolute atomic E-state index is 13.9. The summed E-state index contributed by atoms with van der Waals surface area (Å²) in [6.45, 7) is 9.39. The molecule has 2 atom stereocenters. The third-order valence-corrected chi connectivity index (χ3v) is 8.68. The van der Waals surface area contributed by atoms with Gasteiger partial charge in [-0.05, 0) is 68.3 Å². The topological polar surface area (TPSA) is 62.3 Å². The maximum Gasteiger partial charge on any atom is 0.410 e. The molecule has 3 saturated heterocycles. The highest BCUT2D eigenvalue weighted by Crippen LogP contribution is 2.42. The van der Waals surface area contributed by atoms with Crippen LogP contribution in [0.25, 0.3) is 0 Å². The second-order valence-electron chi connectivity index (χ2n) is 11.6. The minimum Gasteiger partial charge on any atom is -0.497 e. The van der Waals surface area contributed by atoms with Crippen molar-refractivity contribution in [2.45, 2.75) is 51.7 Å². The summed E-state index contributed by atoms with van der Waals surface area (Å²) in [5.41, 5.74) is 2.72. The number of hydrogen-bond acceptors (Lipinski definition) is 5. The normalized spacial score (nSPS) is 23.3. The van der Waals surface area contributed by atoms with Crippen LogP contribution in [0.2, 0.25) is 0 Å². The largest absolute Gasteiger partial charge is 0.497 e. The molecule has 7 nitrogen and oxygen atoms in total. The molecule has 2 aromatic carbocycles. The van der Waals surface area contributed by atoms with E-state index in [1.807, 2.05) is 44.2 Å². The molecule has 0 aliphatic carbocycles. The Balaban J connectivity index is 1.20. The lowest BCUT2D eigenvalue weighted by Gasteiger charge is -2.40. The molecular weight excluding hydrogens is 478 g/mol. The summed E-state index contributed by atoms with van der Waals surface area (Å²) in [6, 6.07) is 18.5. The molecule has 0 aromatic heterocycles. The average molecular weight is 520 g/mol. The number of likely N-dealkylation sites (tertiary alicyclic amines) is 3. The quantitative estimate of drug-likeness (QED) is 0.550. The third-order valence-electron chi connectivity index (χ3n) is 8.68. The SMILES string of the molecule is COc1ccc(CN2CCC3(CCN(C(=O)[C@@H]4CN(C(=O)OC(C)C)C[C@@H]4c4ccccc4)CC3)C2)cc1. The lowest BCUT2D eigenvalue weighted by Crippen LogP contribution is -2.47. The first-order chi connectivity index (χ1) is 18.4. The molecular formula is C31H41N3O4. The van der Waals surface area contributed by atoms with Gasteiger partial charge in [0.25, 0.3) is 0 Å². The molecule has 5 rings (SSSR count). The van der Waals surface area contributed by atoms with Gasteiger partial charge in [0.1, 0.15) is 5.75 Å². The Morgan fingerprint density at radius 2 is 1.61 bits per heavy atom. The Morgan fingerprint density at radius 1 is 0.921 bits per heavy atom. The van der Waals surface area contributed by atoms with E-state index in [1.54, 1.807) is 12.0 Å². The molecule has 7 heteroatoms. The van der Waals surface area contributed by atoms with E-state index >= 15 is 0 Å². The van der Waals surface area contributed by atoms with Crippen molar-refractivity contribution in [3.63, 3.8) is 0 Å². The van der Waals surface area contributed by atoms with Crippen molar-refractivity contribution in [2.24, 2.45) is 11.3 Å². The van der Waals surface area contributed by atoms with Crippen molar-refractivity contribution in [2.75, 3.05) is 46.4 Å². The lowest BCUT2D eigenvalue weighted by molar-refractivity contribution is -0.137. The van der Waals surface area contributed by atoms with Gasteiger partial charge in [-0.1, -0.05) is 42.5 Å². The molecule has 0 saturated carbocycles. The molecule has 38 heavy (non-hydrogen) atoms. The molecule has 3 aliphatic heterocycles. The predicted octanol–water partition coefficient (Wildman–Crippen LogP) is 4.77. The summed E-state index contributed by atoms with van der Waals surface area (Å²) in [7, 11) is 1.70. The van der Waals surface area contributed by atoms with Gasteiger partial charge < -0.3 is 19.3 Å². The fourth-order valence-electron chi connectivity index (χ4n) is 6.51. The van der Waals surface area contributed by atoms with Crippen LogP contribution in [-0.4, -0.2) is 79.2 Å². The van der Waals surface area contributed by atoms with Crippen molar-refractivity contribution >= 4 is 12.0 Å². The molecule has 0 bridgehead atoms. The Hall–Kier alpha value is -3.06. The highest BCUT2D eigenvalue weighted by atomic mass is 16.6. The standard InChI is InChI=1S/C31H41N3O4/c1-23(2)38-30(36)34-20-27(25-7-5-4-6-8-25)28(21-34)29(35)33-17-14-31(15-18-33)13-16-32(22-31)19-24-9-11-26(37-3)12-10-24/h4-12,23,27-28H,13-22H2,1-3H3/t27-,28-/m1/s1. The first-order valence-corrected chi connectivity index (χ1v) is 14.0. The smallest absolute Gasteiger partial charge is 0.410 e. The number of carbonyl (C=O) groups excluding carboxylic acids is 2. The fraction of sp³-hybridized carbons (Fsp3) is 0.548. The van der Waals surface area contributed by atoms with E-state index in [1.165, 1.54) is 12.0 Å². The van der Waals surface area contributed by atoms with Crippen LogP contribution in [0.3, 0.4) is 0 Å². The zero-order valence-electron chi connectivity index (χ0n) is 23.0. The van der Waals surface area contributed by atoms with Crippen LogP contribution in [-0.2, 0) is 16.1 Å². The van der Waals surface area contributed by atoms with E-state index < -0.39 is 0 Å². The first kappa shape index (κ1) is 26.5. The van der Waals surface area contributed by atoms with Crippen LogP contribution in [0.4, 0.5) is 4.79 Å². The molecule has 3 heterocycles. The molecule has 0 unspecified atom stereocenters. The molecule has 0 N–H and O–H groups in total. The highest BCUT2D eigenvalue weighted by Gasteiger charge is 2.46. The number of rotatable bonds is 6. The average Bonchev–Trinajstić information content (AvgIpc) is 3.54. The zero-order valence-corrected chi connectivity index (χ0v) is 23.0. The van der Waals surface area contributed by atoms with E-state index in [0.29, 0.717) is 18.5 Å². The van der Waals surface area contributed by atoms with Gasteiger partial charge in [0.2, 0.25) is 5.91 Å². The second-order valence-corrected chi connectivity index (χ2v) is 11.6. The Bertz CT molecular complexity index is 1100. The molecule has 1 spiro atoms. The molecule has 2 amide bonds. The first-order valence-electron chi connectivity index (χ1n) is 14.0. The van der Waals surface area contributed by atoms with E-state index in [-0.39, 0.29) is 29.9 Å². The molecule has 3 fully saturated rings. The van der Waals surface area contributed by atoms with Gasteiger partial charge in [-0.2, -0.15) is 0 Å². The van der Waals surface area contributed by atoms with Crippen molar-refractivity contribution in [1.82, 2.24) is 14.7 Å². The summed E-state index contributed by atoms with van der Waals surface area (Å²) in [5.74, 6) is 0.828. The van der Waals surface area contributed by atoms with Crippen molar-refractivity contribution in [3.8, 4) is 5.75 Å². The highest BCUT2D eigenvalue weighted by molar-refractivity contribution is 5.82. The van der Waals surface area contributed by atoms with Crippen molar-refractivity contribution in [3.05, 3.63) is 65.7 Å². The third kappa shape index (κ3) is 5.83. The number of ether oxygens (including phenoxy) is 2. The van der Waals surface area contributed by atoms with Crippen LogP contribution >= 0.6 is 0 Å². The Morgan fingerprint density at radius 3 is 2.26 bits per heavy atom. The second kappa shape index (κ2) is 11.4. The lowest BCUT2D eigenvalue weighted by atomic mass is 9.77. The van der Waals surface area contributed by atoms with E-state index in [2.05, 4.69) is 34.1 Å². The minimum atomic E-state index is -0.322. The maximum atomic E-state index is 13.9. The van der Waals surface area contributed by atoms with Crippen LogP contribution in [0.1, 0.15) is 50.2 Å². The number of amides is 2. The molecule has 2 aromatic rings. The number of carbonyl (C=O) groups is 2. The summed E-state index contributed by atoms with van der Waals surface area (Å²) >= 11 is 0. The number of nitrogens with zero attached hydrogens (tertiary/aromatic N) is 3. The van der Waals surface area contributed by atoms with Gasteiger partial charge in [0.05, 0.1) is 19.1 Å². The number of benzene rings is 2. The van der Waals surface area contributed by atoms with Crippen LogP contribution in [0.15, 0.2) is 54.6 Å². The number of hydrogen-bond donors (Lipinski definition) is 0. The predicted molar refractivity (Wildman–Crippen MR) is 147 cm³/mol. The number of piperidine rings is 1. The van der Waals surface area contributed by atoms with Gasteiger partial charge in [0.15, 0.2) is 0 Å². The summed E-state index contributed by atoms with van der Waals surface area (Å²) in [5, 5.41) is 0. The minimum absolute atomic E-state index is 0.00855. The summed E-state index contributed by atoms with van der Waals surface area (Å²) < 4.78 is 10.8. The van der Waals surface area contributed by atoms with Crippen molar-refractivity contribution in [1.29, 1.82) is 0 Å². The summed E-state index contributed by atoms with van der Waals surface area (Å²) in [4.78, 5) is 32.9. The van der Waals surface area contributed by atoms with Gasteiger partial charge in [-0.3, -0.25) is 9.69 Å². The van der Waals surface area contributed by atoms with Gasteiger partial charge in [-0.25, -0.2) is 4.79 Å². The molecule has 3 aliphatic rings.